The van der Waals surface area contributed by atoms with Gasteiger partial charge in [-0.15, -0.1) is 0 Å². The van der Waals surface area contributed by atoms with Crippen LogP contribution < -0.4 is 4.72 Å². The van der Waals surface area contributed by atoms with Gasteiger partial charge in [-0.05, 0) is 51.0 Å². The number of carboxylic acids is 1. The van der Waals surface area contributed by atoms with Crippen LogP contribution in [0.3, 0.4) is 0 Å². The van der Waals surface area contributed by atoms with Crippen molar-refractivity contribution < 1.29 is 23.1 Å². The minimum absolute atomic E-state index is 0.0807. The van der Waals surface area contributed by atoms with Gasteiger partial charge >= 0.3 is 5.97 Å². The molecule has 2 N–H and O–H groups in total. The lowest BCUT2D eigenvalue weighted by Crippen LogP contribution is -2.40. The molecule has 1 amide bonds. The second kappa shape index (κ2) is 6.76. The molecule has 1 heterocycles. The summed E-state index contributed by atoms with van der Waals surface area (Å²) < 4.78 is 27.1. The Labute approximate surface area is 148 Å². The SMILES string of the molecule is C[C@@H]1CN(C(=O)c2ccc(S(=O)(=O)NC(C)(C)C)cc2)C[C@H]1C(=O)O. The summed E-state index contributed by atoms with van der Waals surface area (Å²) in [5, 5.41) is 9.16. The van der Waals surface area contributed by atoms with Crippen LogP contribution in [0.25, 0.3) is 0 Å². The Hall–Kier alpha value is -1.93. The van der Waals surface area contributed by atoms with Gasteiger partial charge in [0.1, 0.15) is 0 Å². The molecule has 1 saturated heterocycles. The number of hydrogen-bond donors (Lipinski definition) is 2. The molecule has 0 aliphatic carbocycles. The first-order chi connectivity index (χ1) is 11.4. The topological polar surface area (TPSA) is 104 Å². The molecule has 1 aromatic carbocycles. The summed E-state index contributed by atoms with van der Waals surface area (Å²) in [5.41, 5.74) is -0.266. The molecule has 7 nitrogen and oxygen atoms in total. The third kappa shape index (κ3) is 4.58. The third-order valence-electron chi connectivity index (χ3n) is 4.07. The van der Waals surface area contributed by atoms with Crippen molar-refractivity contribution in [3.63, 3.8) is 0 Å². The van der Waals surface area contributed by atoms with E-state index in [1.54, 1.807) is 27.7 Å². The highest BCUT2D eigenvalue weighted by Gasteiger charge is 2.37. The molecule has 0 bridgehead atoms. The number of hydrogen-bond acceptors (Lipinski definition) is 4. The van der Waals surface area contributed by atoms with E-state index in [1.165, 1.54) is 29.2 Å². The van der Waals surface area contributed by atoms with E-state index in [2.05, 4.69) is 4.72 Å². The van der Waals surface area contributed by atoms with E-state index in [0.29, 0.717) is 12.1 Å². The average molecular weight is 368 g/mol. The molecule has 0 unspecified atom stereocenters. The molecule has 0 spiro atoms. The minimum atomic E-state index is -3.66. The van der Waals surface area contributed by atoms with Crippen molar-refractivity contribution in [2.24, 2.45) is 11.8 Å². The zero-order chi connectivity index (χ0) is 19.0. The summed E-state index contributed by atoms with van der Waals surface area (Å²) >= 11 is 0. The van der Waals surface area contributed by atoms with Crippen LogP contribution in [-0.4, -0.2) is 48.9 Å². The Bertz CT molecular complexity index is 765. The number of nitrogens with one attached hydrogen (secondary N) is 1. The fraction of sp³-hybridized carbons (Fsp3) is 0.529. The summed E-state index contributed by atoms with van der Waals surface area (Å²) in [4.78, 5) is 25.3. The smallest absolute Gasteiger partial charge is 0.308 e. The summed E-state index contributed by atoms with van der Waals surface area (Å²) in [6.07, 6.45) is 0. The van der Waals surface area contributed by atoms with Gasteiger partial charge in [0.2, 0.25) is 10.0 Å². The number of aliphatic carboxylic acids is 1. The lowest BCUT2D eigenvalue weighted by atomic mass is 9.99. The van der Waals surface area contributed by atoms with Crippen molar-refractivity contribution in [3.8, 4) is 0 Å². The highest BCUT2D eigenvalue weighted by Crippen LogP contribution is 2.25. The van der Waals surface area contributed by atoms with Crippen molar-refractivity contribution in [2.45, 2.75) is 38.1 Å². The standard InChI is InChI=1S/C17H24N2O5S/c1-11-9-19(10-14(11)16(21)22)15(20)12-5-7-13(8-6-12)25(23,24)18-17(2,3)4/h5-8,11,14,18H,9-10H2,1-4H3,(H,21,22)/t11-,14-/m1/s1. The van der Waals surface area contributed by atoms with Crippen LogP contribution in [0.5, 0.6) is 0 Å². The zero-order valence-electron chi connectivity index (χ0n) is 14.8. The van der Waals surface area contributed by atoms with Crippen LogP contribution in [0.1, 0.15) is 38.1 Å². The van der Waals surface area contributed by atoms with Gasteiger partial charge in [-0.3, -0.25) is 9.59 Å². The van der Waals surface area contributed by atoms with Gasteiger partial charge in [-0.2, -0.15) is 0 Å². The molecule has 0 saturated carbocycles. The molecule has 2 atom stereocenters. The van der Waals surface area contributed by atoms with Gasteiger partial charge in [0.15, 0.2) is 0 Å². The van der Waals surface area contributed by atoms with Crippen molar-refractivity contribution in [1.29, 1.82) is 0 Å². The Kier molecular flexibility index (Phi) is 5.24. The molecule has 1 aromatic rings. The second-order valence-corrected chi connectivity index (χ2v) is 9.19. The predicted molar refractivity (Wildman–Crippen MR) is 92.7 cm³/mol. The molecule has 2 rings (SSSR count). The number of carbonyl (C=O) groups excluding carboxylic acids is 1. The molecule has 25 heavy (non-hydrogen) atoms. The van der Waals surface area contributed by atoms with Gasteiger partial charge in [0, 0.05) is 24.2 Å². The molecule has 1 aliphatic rings. The highest BCUT2D eigenvalue weighted by atomic mass is 32.2. The minimum Gasteiger partial charge on any atom is -0.481 e. The third-order valence-corrected chi connectivity index (χ3v) is 5.84. The molecule has 1 aliphatic heterocycles. The van der Waals surface area contributed by atoms with Gasteiger partial charge in [0.25, 0.3) is 5.91 Å². The number of benzene rings is 1. The van der Waals surface area contributed by atoms with Crippen LogP contribution in [0.15, 0.2) is 29.2 Å². The number of carbonyl (C=O) groups is 2. The van der Waals surface area contributed by atoms with Crippen LogP contribution in [-0.2, 0) is 14.8 Å². The molecular weight excluding hydrogens is 344 g/mol. The Balaban J connectivity index is 2.15. The lowest BCUT2D eigenvalue weighted by molar-refractivity contribution is -0.142. The molecule has 0 radical (unpaired) electrons. The maximum absolute atomic E-state index is 12.5. The van der Waals surface area contributed by atoms with Crippen LogP contribution in [0.4, 0.5) is 0 Å². The van der Waals surface area contributed by atoms with Gasteiger partial charge in [-0.1, -0.05) is 6.92 Å². The lowest BCUT2D eigenvalue weighted by Gasteiger charge is -2.20. The van der Waals surface area contributed by atoms with E-state index in [4.69, 9.17) is 5.11 Å². The number of nitrogens with zero attached hydrogens (tertiary/aromatic N) is 1. The number of likely N-dealkylation sites (tertiary alicyclic amines) is 1. The Morgan fingerprint density at radius 1 is 1.16 bits per heavy atom. The van der Waals surface area contributed by atoms with Crippen LogP contribution >= 0.6 is 0 Å². The fourth-order valence-corrected chi connectivity index (χ4v) is 4.29. The van der Waals surface area contributed by atoms with E-state index in [1.807, 2.05) is 0 Å². The number of amides is 1. The van der Waals surface area contributed by atoms with Crippen molar-refractivity contribution in [2.75, 3.05) is 13.1 Å². The van der Waals surface area contributed by atoms with Crippen molar-refractivity contribution in [3.05, 3.63) is 29.8 Å². The van der Waals surface area contributed by atoms with Crippen LogP contribution in [0.2, 0.25) is 0 Å². The monoisotopic (exact) mass is 368 g/mol. The van der Waals surface area contributed by atoms with E-state index in [0.717, 1.165) is 0 Å². The first-order valence-electron chi connectivity index (χ1n) is 8.07. The number of carboxylic acid groups (broad SMARTS) is 1. The maximum Gasteiger partial charge on any atom is 0.308 e. The molecule has 0 aromatic heterocycles. The van der Waals surface area contributed by atoms with Gasteiger partial charge < -0.3 is 10.0 Å². The second-order valence-electron chi connectivity index (χ2n) is 7.51. The molecule has 138 valence electrons. The zero-order valence-corrected chi connectivity index (χ0v) is 15.6. The van der Waals surface area contributed by atoms with Gasteiger partial charge in [0.05, 0.1) is 10.8 Å². The van der Waals surface area contributed by atoms with E-state index in [-0.39, 0.29) is 23.3 Å². The van der Waals surface area contributed by atoms with E-state index >= 15 is 0 Å². The summed E-state index contributed by atoms with van der Waals surface area (Å²) in [7, 11) is -3.66. The maximum atomic E-state index is 12.5. The van der Waals surface area contributed by atoms with Crippen LogP contribution in [0, 0.1) is 11.8 Å². The average Bonchev–Trinajstić information content (AvgIpc) is 2.86. The first kappa shape index (κ1) is 19.4. The Morgan fingerprint density at radius 2 is 1.72 bits per heavy atom. The van der Waals surface area contributed by atoms with Crippen molar-refractivity contribution >= 4 is 21.9 Å². The largest absolute Gasteiger partial charge is 0.481 e. The quantitative estimate of drug-likeness (QED) is 0.839. The van der Waals surface area contributed by atoms with E-state index in [9.17, 15) is 18.0 Å². The predicted octanol–water partition coefficient (Wildman–Crippen LogP) is 1.56. The number of sulfonamides is 1. The Morgan fingerprint density at radius 3 is 2.16 bits per heavy atom. The number of rotatable bonds is 4. The van der Waals surface area contributed by atoms with Gasteiger partial charge in [-0.25, -0.2) is 13.1 Å². The summed E-state index contributed by atoms with van der Waals surface area (Å²) in [5.74, 6) is -1.88. The normalized spacial score (nSPS) is 21.4. The summed E-state index contributed by atoms with van der Waals surface area (Å²) in [6, 6.07) is 5.68. The molecule has 1 fully saturated rings. The highest BCUT2D eigenvalue weighted by molar-refractivity contribution is 7.89. The molecular formula is C17H24N2O5S. The fourth-order valence-electron chi connectivity index (χ4n) is 2.88. The van der Waals surface area contributed by atoms with E-state index < -0.39 is 27.4 Å². The summed E-state index contributed by atoms with van der Waals surface area (Å²) in [6.45, 7) is 7.59. The molecule has 8 heteroatoms. The first-order valence-corrected chi connectivity index (χ1v) is 9.55. The van der Waals surface area contributed by atoms with Crippen molar-refractivity contribution in [1.82, 2.24) is 9.62 Å².